The van der Waals surface area contributed by atoms with E-state index in [4.69, 9.17) is 0 Å². The fraction of sp³-hybridized carbons (Fsp3) is 0.333. The molecule has 1 aromatic heterocycles. The van der Waals surface area contributed by atoms with Crippen molar-refractivity contribution in [3.05, 3.63) is 40.2 Å². The summed E-state index contributed by atoms with van der Waals surface area (Å²) in [7, 11) is 0. The van der Waals surface area contributed by atoms with E-state index in [1.165, 1.54) is 6.07 Å². The van der Waals surface area contributed by atoms with Gasteiger partial charge in [-0.05, 0) is 32.9 Å². The third-order valence-electron chi connectivity index (χ3n) is 2.78. The second-order valence-corrected chi connectivity index (χ2v) is 4.41. The van der Waals surface area contributed by atoms with Crippen LogP contribution in [0.5, 0.6) is 0 Å². The summed E-state index contributed by atoms with van der Waals surface area (Å²) < 4.78 is 1.93. The highest BCUT2D eigenvalue weighted by atomic mass is 16.6. The number of aryl methyl sites for hydroxylation is 1. The van der Waals surface area contributed by atoms with Crippen LogP contribution in [0.2, 0.25) is 0 Å². The van der Waals surface area contributed by atoms with Crippen LogP contribution in [0.4, 0.5) is 5.69 Å². The quantitative estimate of drug-likeness (QED) is 0.616. The molecular formula is C12H14N4O2. The van der Waals surface area contributed by atoms with Gasteiger partial charge in [0.1, 0.15) is 6.33 Å². The lowest BCUT2D eigenvalue weighted by Gasteiger charge is -2.10. The predicted molar refractivity (Wildman–Crippen MR) is 67.2 cm³/mol. The van der Waals surface area contributed by atoms with Gasteiger partial charge in [0.15, 0.2) is 5.82 Å². The Morgan fingerprint density at radius 2 is 2.11 bits per heavy atom. The standard InChI is InChI=1S/C12H14N4O2/c1-8(2)15-7-13-14-12(15)10-4-5-11(16(17)18)9(3)6-10/h4-8H,1-3H3. The molecular weight excluding hydrogens is 232 g/mol. The van der Waals surface area contributed by atoms with E-state index in [2.05, 4.69) is 10.2 Å². The minimum Gasteiger partial charge on any atom is -0.311 e. The Morgan fingerprint density at radius 1 is 1.39 bits per heavy atom. The first-order chi connectivity index (χ1) is 8.50. The Morgan fingerprint density at radius 3 is 2.67 bits per heavy atom. The van der Waals surface area contributed by atoms with Crippen LogP contribution < -0.4 is 0 Å². The molecule has 18 heavy (non-hydrogen) atoms. The van der Waals surface area contributed by atoms with Gasteiger partial charge < -0.3 is 4.57 Å². The summed E-state index contributed by atoms with van der Waals surface area (Å²) in [5.74, 6) is 0.725. The van der Waals surface area contributed by atoms with E-state index in [0.29, 0.717) is 5.56 Å². The maximum atomic E-state index is 10.8. The van der Waals surface area contributed by atoms with Crippen LogP contribution in [0, 0.1) is 17.0 Å². The molecule has 0 N–H and O–H groups in total. The number of aromatic nitrogens is 3. The lowest BCUT2D eigenvalue weighted by Crippen LogP contribution is -2.02. The topological polar surface area (TPSA) is 73.8 Å². The third-order valence-corrected chi connectivity index (χ3v) is 2.78. The van der Waals surface area contributed by atoms with Crippen LogP contribution in [-0.2, 0) is 0 Å². The van der Waals surface area contributed by atoms with Crippen LogP contribution >= 0.6 is 0 Å². The molecule has 0 saturated carbocycles. The van der Waals surface area contributed by atoms with Crippen LogP contribution in [0.1, 0.15) is 25.5 Å². The lowest BCUT2D eigenvalue weighted by atomic mass is 10.1. The number of nitro benzene ring substituents is 1. The summed E-state index contributed by atoms with van der Waals surface area (Å²) in [6, 6.07) is 5.21. The minimum absolute atomic E-state index is 0.120. The first-order valence-corrected chi connectivity index (χ1v) is 5.65. The average molecular weight is 246 g/mol. The molecule has 1 heterocycles. The summed E-state index contributed by atoms with van der Waals surface area (Å²) in [6.07, 6.45) is 1.66. The zero-order valence-corrected chi connectivity index (χ0v) is 10.5. The number of hydrogen-bond donors (Lipinski definition) is 0. The average Bonchev–Trinajstić information content (AvgIpc) is 2.77. The zero-order valence-electron chi connectivity index (χ0n) is 10.5. The molecule has 0 atom stereocenters. The molecule has 1 aromatic carbocycles. The fourth-order valence-corrected chi connectivity index (χ4v) is 1.83. The van der Waals surface area contributed by atoms with E-state index < -0.39 is 0 Å². The molecule has 0 aliphatic carbocycles. The highest BCUT2D eigenvalue weighted by Gasteiger charge is 2.14. The van der Waals surface area contributed by atoms with Crippen LogP contribution in [0.15, 0.2) is 24.5 Å². The maximum absolute atomic E-state index is 10.8. The molecule has 6 heteroatoms. The first kappa shape index (κ1) is 12.2. The Bertz CT molecular complexity index is 590. The van der Waals surface area contributed by atoms with Crippen molar-refractivity contribution in [1.82, 2.24) is 14.8 Å². The van der Waals surface area contributed by atoms with E-state index in [0.717, 1.165) is 11.4 Å². The molecule has 0 aliphatic heterocycles. The molecule has 6 nitrogen and oxygen atoms in total. The van der Waals surface area contributed by atoms with Crippen molar-refractivity contribution in [2.75, 3.05) is 0 Å². The summed E-state index contributed by atoms with van der Waals surface area (Å²) in [4.78, 5) is 10.4. The van der Waals surface area contributed by atoms with Gasteiger partial charge in [0.2, 0.25) is 0 Å². The predicted octanol–water partition coefficient (Wildman–Crippen LogP) is 2.74. The van der Waals surface area contributed by atoms with Gasteiger partial charge in [0, 0.05) is 23.2 Å². The smallest absolute Gasteiger partial charge is 0.272 e. The van der Waals surface area contributed by atoms with Gasteiger partial charge >= 0.3 is 0 Å². The van der Waals surface area contributed by atoms with Crippen LogP contribution in [-0.4, -0.2) is 19.7 Å². The molecule has 0 radical (unpaired) electrons. The van der Waals surface area contributed by atoms with Crippen molar-refractivity contribution in [3.63, 3.8) is 0 Å². The van der Waals surface area contributed by atoms with Crippen LogP contribution in [0.3, 0.4) is 0 Å². The van der Waals surface area contributed by atoms with Gasteiger partial charge in [-0.2, -0.15) is 0 Å². The van der Waals surface area contributed by atoms with E-state index in [9.17, 15) is 10.1 Å². The van der Waals surface area contributed by atoms with Gasteiger partial charge in [-0.15, -0.1) is 10.2 Å². The second kappa shape index (κ2) is 4.56. The molecule has 0 spiro atoms. The highest BCUT2D eigenvalue weighted by molar-refractivity contribution is 5.60. The summed E-state index contributed by atoms with van der Waals surface area (Å²) in [5.41, 5.74) is 1.58. The van der Waals surface area contributed by atoms with Gasteiger partial charge in [-0.25, -0.2) is 0 Å². The second-order valence-electron chi connectivity index (χ2n) is 4.41. The lowest BCUT2D eigenvalue weighted by molar-refractivity contribution is -0.385. The Labute approximate surface area is 104 Å². The normalized spacial score (nSPS) is 10.9. The van der Waals surface area contributed by atoms with Crippen molar-refractivity contribution in [2.24, 2.45) is 0 Å². The van der Waals surface area contributed by atoms with Crippen molar-refractivity contribution in [3.8, 4) is 11.4 Å². The van der Waals surface area contributed by atoms with Crippen molar-refractivity contribution in [2.45, 2.75) is 26.8 Å². The number of nitro groups is 1. The molecule has 0 amide bonds. The fourth-order valence-electron chi connectivity index (χ4n) is 1.83. The molecule has 2 rings (SSSR count). The molecule has 0 bridgehead atoms. The Kier molecular flexibility index (Phi) is 3.10. The highest BCUT2D eigenvalue weighted by Crippen LogP contribution is 2.25. The molecule has 94 valence electrons. The third kappa shape index (κ3) is 2.09. The molecule has 0 unspecified atom stereocenters. The summed E-state index contributed by atoms with van der Waals surface area (Å²) >= 11 is 0. The SMILES string of the molecule is Cc1cc(-c2nncn2C(C)C)ccc1[N+](=O)[O-]. The van der Waals surface area contributed by atoms with Gasteiger partial charge in [0.05, 0.1) is 4.92 Å². The summed E-state index contributed by atoms with van der Waals surface area (Å²) in [5, 5.41) is 18.7. The monoisotopic (exact) mass is 246 g/mol. The number of rotatable bonds is 3. The Balaban J connectivity index is 2.49. The number of benzene rings is 1. The van der Waals surface area contributed by atoms with E-state index in [-0.39, 0.29) is 16.7 Å². The first-order valence-electron chi connectivity index (χ1n) is 5.65. The molecule has 0 fully saturated rings. The zero-order chi connectivity index (χ0) is 13.3. The van der Waals surface area contributed by atoms with E-state index in [1.54, 1.807) is 25.4 Å². The molecule has 0 aliphatic rings. The molecule has 2 aromatic rings. The van der Waals surface area contributed by atoms with Gasteiger partial charge in [0.25, 0.3) is 5.69 Å². The van der Waals surface area contributed by atoms with Crippen molar-refractivity contribution >= 4 is 5.69 Å². The molecule has 0 saturated heterocycles. The van der Waals surface area contributed by atoms with Crippen molar-refractivity contribution < 1.29 is 4.92 Å². The summed E-state index contributed by atoms with van der Waals surface area (Å²) in [6.45, 7) is 5.79. The Hall–Kier alpha value is -2.24. The van der Waals surface area contributed by atoms with Crippen LogP contribution in [0.25, 0.3) is 11.4 Å². The largest absolute Gasteiger partial charge is 0.311 e. The van der Waals surface area contributed by atoms with Gasteiger partial charge in [-0.1, -0.05) is 0 Å². The van der Waals surface area contributed by atoms with E-state index >= 15 is 0 Å². The van der Waals surface area contributed by atoms with Gasteiger partial charge in [-0.3, -0.25) is 10.1 Å². The number of nitrogens with zero attached hydrogens (tertiary/aromatic N) is 4. The maximum Gasteiger partial charge on any atom is 0.272 e. The van der Waals surface area contributed by atoms with Crippen molar-refractivity contribution in [1.29, 1.82) is 0 Å². The minimum atomic E-state index is -0.383. The number of hydrogen-bond acceptors (Lipinski definition) is 4. The van der Waals surface area contributed by atoms with E-state index in [1.807, 2.05) is 18.4 Å².